The molecule has 0 radical (unpaired) electrons. The lowest BCUT2D eigenvalue weighted by Crippen LogP contribution is -2.42. The molecule has 0 saturated carbocycles. The Morgan fingerprint density at radius 3 is 2.57 bits per heavy atom. The van der Waals surface area contributed by atoms with Crippen LogP contribution < -0.4 is 10.1 Å². The molecule has 0 aliphatic carbocycles. The van der Waals surface area contributed by atoms with Gasteiger partial charge in [0.15, 0.2) is 0 Å². The third kappa shape index (κ3) is 4.99. The fraction of sp³-hybridized carbons (Fsp3) is 0.273. The lowest BCUT2D eigenvalue weighted by atomic mass is 9.93. The molecule has 1 amide bonds. The van der Waals surface area contributed by atoms with E-state index in [1.807, 2.05) is 38.1 Å². The van der Waals surface area contributed by atoms with Crippen LogP contribution in [-0.2, 0) is 22.9 Å². The maximum absolute atomic E-state index is 12.9. The maximum Gasteiger partial charge on any atom is 0.416 e. The number of thiazole rings is 1. The average Bonchev–Trinajstić information content (AvgIpc) is 3.15. The number of rotatable bonds is 6. The summed E-state index contributed by atoms with van der Waals surface area (Å²) in [4.78, 5) is 16.9. The van der Waals surface area contributed by atoms with Gasteiger partial charge >= 0.3 is 6.18 Å². The van der Waals surface area contributed by atoms with Crippen LogP contribution in [0.1, 0.15) is 30.7 Å². The second-order valence-electron chi connectivity index (χ2n) is 7.27. The summed E-state index contributed by atoms with van der Waals surface area (Å²) in [5, 5.41) is 5.09. The summed E-state index contributed by atoms with van der Waals surface area (Å²) in [6.45, 7) is 3.75. The van der Waals surface area contributed by atoms with E-state index in [9.17, 15) is 18.0 Å². The normalized spacial score (nSPS) is 11.9. The molecule has 1 heterocycles. The number of hydrogen-bond acceptors (Lipinski definition) is 4. The van der Waals surface area contributed by atoms with E-state index in [-0.39, 0.29) is 12.3 Å². The first-order valence-corrected chi connectivity index (χ1v) is 10.0. The van der Waals surface area contributed by atoms with E-state index in [0.717, 1.165) is 17.7 Å². The highest BCUT2D eigenvalue weighted by atomic mass is 32.1. The summed E-state index contributed by atoms with van der Waals surface area (Å²) in [5.74, 6) is 0.426. The fourth-order valence-electron chi connectivity index (χ4n) is 3.13. The van der Waals surface area contributed by atoms with Gasteiger partial charge < -0.3 is 10.1 Å². The number of nitrogens with zero attached hydrogens (tertiary/aromatic N) is 1. The van der Waals surface area contributed by atoms with Crippen LogP contribution in [0.25, 0.3) is 10.6 Å². The molecule has 0 fully saturated rings. The van der Waals surface area contributed by atoms with Crippen molar-refractivity contribution in [3.63, 3.8) is 0 Å². The first-order valence-electron chi connectivity index (χ1n) is 9.16. The topological polar surface area (TPSA) is 51.2 Å². The van der Waals surface area contributed by atoms with Crippen molar-refractivity contribution in [2.24, 2.45) is 0 Å². The van der Waals surface area contributed by atoms with Gasteiger partial charge in [-0.1, -0.05) is 30.3 Å². The van der Waals surface area contributed by atoms with E-state index < -0.39 is 17.3 Å². The zero-order valence-electron chi connectivity index (χ0n) is 16.7. The van der Waals surface area contributed by atoms with E-state index in [4.69, 9.17) is 4.74 Å². The van der Waals surface area contributed by atoms with Crippen molar-refractivity contribution in [2.45, 2.75) is 32.0 Å². The summed E-state index contributed by atoms with van der Waals surface area (Å²) in [7, 11) is 1.57. The molecule has 158 valence electrons. The van der Waals surface area contributed by atoms with Crippen LogP contribution in [0.5, 0.6) is 5.75 Å². The van der Waals surface area contributed by atoms with Crippen molar-refractivity contribution in [1.82, 2.24) is 10.3 Å². The van der Waals surface area contributed by atoms with Crippen LogP contribution in [0.3, 0.4) is 0 Å². The number of ether oxygens (including phenoxy) is 1. The molecule has 8 heteroatoms. The van der Waals surface area contributed by atoms with E-state index in [1.165, 1.54) is 17.4 Å². The summed E-state index contributed by atoms with van der Waals surface area (Å²) >= 11 is 1.21. The zero-order chi connectivity index (χ0) is 21.9. The Kier molecular flexibility index (Phi) is 6.17. The Labute approximate surface area is 176 Å². The molecule has 2 aromatic carbocycles. The Bertz CT molecular complexity index is 1040. The van der Waals surface area contributed by atoms with Gasteiger partial charge in [0.2, 0.25) is 5.91 Å². The molecule has 0 saturated heterocycles. The lowest BCUT2D eigenvalue weighted by molar-refractivity contribution is -0.137. The molecule has 3 rings (SSSR count). The van der Waals surface area contributed by atoms with Gasteiger partial charge in [-0.2, -0.15) is 13.2 Å². The van der Waals surface area contributed by atoms with Gasteiger partial charge in [-0.25, -0.2) is 4.98 Å². The molecule has 1 aromatic heterocycles. The van der Waals surface area contributed by atoms with E-state index in [1.54, 1.807) is 18.6 Å². The number of para-hydroxylation sites is 1. The number of methoxy groups -OCH3 is 1. The van der Waals surface area contributed by atoms with Gasteiger partial charge in [0.25, 0.3) is 0 Å². The largest absolute Gasteiger partial charge is 0.496 e. The van der Waals surface area contributed by atoms with E-state index in [0.29, 0.717) is 22.0 Å². The number of amides is 1. The predicted molar refractivity (Wildman–Crippen MR) is 110 cm³/mol. The van der Waals surface area contributed by atoms with Crippen LogP contribution in [0.2, 0.25) is 0 Å². The minimum atomic E-state index is -4.42. The number of carbonyl (C=O) groups excluding carboxylic acids is 1. The number of alkyl halides is 3. The van der Waals surface area contributed by atoms with Crippen LogP contribution in [0, 0.1) is 0 Å². The van der Waals surface area contributed by atoms with Gasteiger partial charge in [-0.05, 0) is 32.0 Å². The highest BCUT2D eigenvalue weighted by Gasteiger charge is 2.31. The van der Waals surface area contributed by atoms with Crippen molar-refractivity contribution in [1.29, 1.82) is 0 Å². The van der Waals surface area contributed by atoms with Crippen molar-refractivity contribution >= 4 is 17.2 Å². The SMILES string of the molecule is COc1ccccc1C(C)(C)NC(=O)Cc1csc(-c2cccc(C(F)(F)F)c2)n1. The minimum Gasteiger partial charge on any atom is -0.496 e. The molecular formula is C22H21F3N2O2S. The Hall–Kier alpha value is -2.87. The molecule has 0 aliphatic rings. The third-order valence-electron chi connectivity index (χ3n) is 4.56. The van der Waals surface area contributed by atoms with Gasteiger partial charge in [0.1, 0.15) is 10.8 Å². The van der Waals surface area contributed by atoms with E-state index >= 15 is 0 Å². The average molecular weight is 434 g/mol. The predicted octanol–water partition coefficient (Wildman–Crippen LogP) is 5.43. The van der Waals surface area contributed by atoms with Crippen molar-refractivity contribution in [3.05, 3.63) is 70.7 Å². The van der Waals surface area contributed by atoms with Gasteiger partial charge in [-0.15, -0.1) is 11.3 Å². The molecule has 0 aliphatic heterocycles. The standard InChI is InChI=1S/C22H21F3N2O2S/c1-21(2,17-9-4-5-10-18(17)29-3)27-19(28)12-16-13-30-20(26-16)14-7-6-8-15(11-14)22(23,24)25/h4-11,13H,12H2,1-3H3,(H,27,28). The smallest absolute Gasteiger partial charge is 0.416 e. The summed E-state index contributed by atoms with van der Waals surface area (Å²) in [6.07, 6.45) is -4.39. The zero-order valence-corrected chi connectivity index (χ0v) is 17.5. The van der Waals surface area contributed by atoms with Gasteiger partial charge in [0.05, 0.1) is 30.3 Å². The highest BCUT2D eigenvalue weighted by molar-refractivity contribution is 7.13. The molecule has 4 nitrogen and oxygen atoms in total. The molecule has 30 heavy (non-hydrogen) atoms. The molecule has 0 spiro atoms. The van der Waals surface area contributed by atoms with Crippen LogP contribution in [0.15, 0.2) is 53.9 Å². The number of aromatic nitrogens is 1. The second kappa shape index (κ2) is 8.47. The molecule has 0 bridgehead atoms. The van der Waals surface area contributed by atoms with Gasteiger partial charge in [0, 0.05) is 16.5 Å². The Balaban J connectivity index is 1.72. The first-order chi connectivity index (χ1) is 14.1. The number of benzene rings is 2. The highest BCUT2D eigenvalue weighted by Crippen LogP contribution is 2.33. The van der Waals surface area contributed by atoms with E-state index in [2.05, 4.69) is 10.3 Å². The van der Waals surface area contributed by atoms with Crippen molar-refractivity contribution in [3.8, 4) is 16.3 Å². The fourth-order valence-corrected chi connectivity index (χ4v) is 3.95. The minimum absolute atomic E-state index is 0.0219. The van der Waals surface area contributed by atoms with Crippen LogP contribution in [0.4, 0.5) is 13.2 Å². The quantitative estimate of drug-likeness (QED) is 0.563. The summed E-state index contributed by atoms with van der Waals surface area (Å²) in [6, 6.07) is 12.4. The molecule has 3 aromatic rings. The van der Waals surface area contributed by atoms with Crippen molar-refractivity contribution < 1.29 is 22.7 Å². The molecule has 0 unspecified atom stereocenters. The molecule has 0 atom stereocenters. The van der Waals surface area contributed by atoms with Crippen LogP contribution in [-0.4, -0.2) is 18.0 Å². The van der Waals surface area contributed by atoms with Crippen LogP contribution >= 0.6 is 11.3 Å². The Morgan fingerprint density at radius 2 is 1.87 bits per heavy atom. The second-order valence-corrected chi connectivity index (χ2v) is 8.13. The number of hydrogen-bond donors (Lipinski definition) is 1. The maximum atomic E-state index is 12.9. The summed E-state index contributed by atoms with van der Waals surface area (Å²) in [5.41, 5.74) is 0.303. The molecule has 1 N–H and O–H groups in total. The molecular weight excluding hydrogens is 413 g/mol. The Morgan fingerprint density at radius 1 is 1.13 bits per heavy atom. The lowest BCUT2D eigenvalue weighted by Gasteiger charge is -2.28. The van der Waals surface area contributed by atoms with Gasteiger partial charge in [-0.3, -0.25) is 4.79 Å². The van der Waals surface area contributed by atoms with Crippen molar-refractivity contribution in [2.75, 3.05) is 7.11 Å². The number of carbonyl (C=O) groups is 1. The third-order valence-corrected chi connectivity index (χ3v) is 5.50. The number of nitrogens with one attached hydrogen (secondary N) is 1. The monoisotopic (exact) mass is 434 g/mol. The first kappa shape index (κ1) is 21.8. The summed E-state index contributed by atoms with van der Waals surface area (Å²) < 4.78 is 44.2. The number of halogens is 3.